The number of nitrogens with zero attached hydrogens (tertiary/aromatic N) is 2. The van der Waals surface area contributed by atoms with E-state index in [1.807, 2.05) is 42.5 Å². The van der Waals surface area contributed by atoms with Gasteiger partial charge in [0.15, 0.2) is 0 Å². The first kappa shape index (κ1) is 26.6. The Morgan fingerprint density at radius 1 is 1.00 bits per heavy atom. The number of hydrogen-bond donors (Lipinski definition) is 1. The Morgan fingerprint density at radius 3 is 2.52 bits per heavy atom. The first-order valence-electron chi connectivity index (χ1n) is 13.6. The molecular weight excluding hydrogens is 533 g/mol. The maximum Gasteiger partial charge on any atom is 0.416 e. The number of halogens is 2. The van der Waals surface area contributed by atoms with Crippen molar-refractivity contribution in [3.05, 3.63) is 94.4 Å². The molecule has 40 heavy (non-hydrogen) atoms. The van der Waals surface area contributed by atoms with Crippen molar-refractivity contribution in [2.24, 2.45) is 0 Å². The van der Waals surface area contributed by atoms with Crippen LogP contribution in [0.15, 0.2) is 66.7 Å². The third-order valence-electron chi connectivity index (χ3n) is 7.53. The predicted octanol–water partition coefficient (Wildman–Crippen LogP) is 6.21. The molecule has 9 heteroatoms. The highest BCUT2D eigenvalue weighted by Gasteiger charge is 2.35. The summed E-state index contributed by atoms with van der Waals surface area (Å²) in [5, 5.41) is 1.72. The van der Waals surface area contributed by atoms with Crippen molar-refractivity contribution in [2.75, 3.05) is 46.0 Å². The molecule has 6 rings (SSSR count). The van der Waals surface area contributed by atoms with E-state index in [4.69, 9.17) is 25.8 Å². The molecule has 0 aliphatic carbocycles. The number of nitrogens with one attached hydrogen (secondary N) is 1. The molecule has 1 atom stereocenters. The SMILES string of the molecule is O=C(Oc1ccc(F)cc1)N1CCc2c([nH]c3ccc(Cl)cc23)C1c1ccc(OCCCN2CCOCC2)cc1. The number of aromatic nitrogens is 1. The lowest BCUT2D eigenvalue weighted by molar-refractivity contribution is 0.0358. The van der Waals surface area contributed by atoms with Gasteiger partial charge in [-0.2, -0.15) is 0 Å². The number of carbonyl (C=O) groups is 1. The van der Waals surface area contributed by atoms with Crippen LogP contribution >= 0.6 is 11.6 Å². The summed E-state index contributed by atoms with van der Waals surface area (Å²) in [4.78, 5) is 21.1. The van der Waals surface area contributed by atoms with Crippen LogP contribution in [-0.4, -0.2) is 66.9 Å². The van der Waals surface area contributed by atoms with E-state index in [1.54, 1.807) is 4.90 Å². The van der Waals surface area contributed by atoms with Gasteiger partial charge in [-0.3, -0.25) is 9.80 Å². The van der Waals surface area contributed by atoms with Crippen molar-refractivity contribution in [3.8, 4) is 11.5 Å². The fourth-order valence-electron chi connectivity index (χ4n) is 5.52. The predicted molar refractivity (Wildman–Crippen MR) is 152 cm³/mol. The molecule has 3 aromatic carbocycles. The van der Waals surface area contributed by atoms with E-state index in [0.29, 0.717) is 30.3 Å². The van der Waals surface area contributed by atoms with Crippen molar-refractivity contribution in [1.82, 2.24) is 14.8 Å². The number of morpholine rings is 1. The molecule has 208 valence electrons. The minimum Gasteiger partial charge on any atom is -0.494 e. The van der Waals surface area contributed by atoms with Crippen molar-refractivity contribution in [2.45, 2.75) is 18.9 Å². The van der Waals surface area contributed by atoms with Crippen LogP contribution < -0.4 is 9.47 Å². The molecule has 1 N–H and O–H groups in total. The van der Waals surface area contributed by atoms with Gasteiger partial charge in [-0.1, -0.05) is 23.7 Å². The molecule has 1 unspecified atom stereocenters. The zero-order valence-corrected chi connectivity index (χ0v) is 22.8. The number of benzene rings is 3. The summed E-state index contributed by atoms with van der Waals surface area (Å²) < 4.78 is 30.5. The summed E-state index contributed by atoms with van der Waals surface area (Å²) in [6.45, 7) is 5.60. The summed E-state index contributed by atoms with van der Waals surface area (Å²) in [7, 11) is 0. The van der Waals surface area contributed by atoms with Gasteiger partial charge in [0.25, 0.3) is 0 Å². The second-order valence-corrected chi connectivity index (χ2v) is 10.5. The smallest absolute Gasteiger partial charge is 0.416 e. The summed E-state index contributed by atoms with van der Waals surface area (Å²) in [5.41, 5.74) is 3.96. The number of aromatic amines is 1. The van der Waals surface area contributed by atoms with Gasteiger partial charge < -0.3 is 19.2 Å². The summed E-state index contributed by atoms with van der Waals surface area (Å²) >= 11 is 6.32. The number of amides is 1. The van der Waals surface area contributed by atoms with E-state index in [9.17, 15) is 9.18 Å². The standard InChI is InChI=1S/C31H31ClFN3O4/c32-22-4-11-28-27(20-22)26-12-14-36(31(37)40-25-9-5-23(33)6-10-25)30(29(26)34-28)21-2-7-24(8-3-21)39-17-1-13-35-15-18-38-19-16-35/h2-11,20,30,34H,1,12-19H2. The molecule has 0 bridgehead atoms. The zero-order valence-electron chi connectivity index (χ0n) is 22.1. The van der Waals surface area contributed by atoms with Gasteiger partial charge in [-0.05, 0) is 78.6 Å². The molecule has 0 radical (unpaired) electrons. The van der Waals surface area contributed by atoms with Crippen LogP contribution in [0, 0.1) is 5.82 Å². The van der Waals surface area contributed by atoms with Crippen LogP contribution in [-0.2, 0) is 11.2 Å². The molecule has 1 aromatic heterocycles. The second kappa shape index (κ2) is 11.9. The van der Waals surface area contributed by atoms with E-state index in [1.165, 1.54) is 24.3 Å². The van der Waals surface area contributed by atoms with E-state index in [0.717, 1.165) is 72.7 Å². The summed E-state index contributed by atoms with van der Waals surface area (Å²) in [6.07, 6.45) is 1.09. The van der Waals surface area contributed by atoms with Crippen molar-refractivity contribution < 1.29 is 23.4 Å². The monoisotopic (exact) mass is 563 g/mol. The quantitative estimate of drug-likeness (QED) is 0.271. The van der Waals surface area contributed by atoms with Crippen LogP contribution in [0.4, 0.5) is 9.18 Å². The average Bonchev–Trinajstić information content (AvgIpc) is 3.35. The number of ether oxygens (including phenoxy) is 3. The fraction of sp³-hybridized carbons (Fsp3) is 0.323. The average molecular weight is 564 g/mol. The van der Waals surface area contributed by atoms with Crippen LogP contribution in [0.5, 0.6) is 11.5 Å². The lowest BCUT2D eigenvalue weighted by atomic mass is 9.92. The second-order valence-electron chi connectivity index (χ2n) is 10.1. The molecule has 2 aliphatic heterocycles. The van der Waals surface area contributed by atoms with Crippen LogP contribution in [0.2, 0.25) is 5.02 Å². The summed E-state index contributed by atoms with van der Waals surface area (Å²) in [6, 6.07) is 18.7. The zero-order chi connectivity index (χ0) is 27.5. The van der Waals surface area contributed by atoms with E-state index >= 15 is 0 Å². The Balaban J connectivity index is 1.22. The molecule has 1 saturated heterocycles. The number of hydrogen-bond acceptors (Lipinski definition) is 5. The molecule has 3 heterocycles. The molecule has 7 nitrogen and oxygen atoms in total. The van der Waals surface area contributed by atoms with Gasteiger partial charge in [0, 0.05) is 47.8 Å². The highest BCUT2D eigenvalue weighted by atomic mass is 35.5. The van der Waals surface area contributed by atoms with Crippen molar-refractivity contribution >= 4 is 28.6 Å². The third kappa shape index (κ3) is 5.80. The largest absolute Gasteiger partial charge is 0.494 e. The van der Waals surface area contributed by atoms with E-state index < -0.39 is 12.1 Å². The normalized spacial score (nSPS) is 17.6. The first-order valence-corrected chi connectivity index (χ1v) is 14.0. The lowest BCUT2D eigenvalue weighted by Gasteiger charge is -2.35. The van der Waals surface area contributed by atoms with E-state index in [-0.39, 0.29) is 5.82 Å². The van der Waals surface area contributed by atoms with Gasteiger partial charge >= 0.3 is 6.09 Å². The van der Waals surface area contributed by atoms with Crippen LogP contribution in [0.25, 0.3) is 10.9 Å². The maximum absolute atomic E-state index is 13.4. The number of fused-ring (bicyclic) bond motifs is 3. The Bertz CT molecular complexity index is 1470. The topological polar surface area (TPSA) is 67.0 Å². The Hall–Kier alpha value is -3.59. The number of rotatable bonds is 7. The maximum atomic E-state index is 13.4. The molecule has 1 fully saturated rings. The molecule has 2 aliphatic rings. The Labute approximate surface area is 237 Å². The number of H-pyrrole nitrogens is 1. The molecule has 4 aromatic rings. The third-order valence-corrected chi connectivity index (χ3v) is 7.76. The minimum absolute atomic E-state index is 0.292. The van der Waals surface area contributed by atoms with Gasteiger partial charge in [0.2, 0.25) is 0 Å². The van der Waals surface area contributed by atoms with Gasteiger partial charge in [-0.15, -0.1) is 0 Å². The molecule has 1 amide bonds. The Morgan fingerprint density at radius 2 is 1.75 bits per heavy atom. The van der Waals surface area contributed by atoms with Gasteiger partial charge in [0.1, 0.15) is 23.4 Å². The minimum atomic E-state index is -0.498. The number of carbonyl (C=O) groups excluding carboxylic acids is 1. The van der Waals surface area contributed by atoms with Gasteiger partial charge in [0.05, 0.1) is 19.8 Å². The van der Waals surface area contributed by atoms with Crippen molar-refractivity contribution in [3.63, 3.8) is 0 Å². The van der Waals surface area contributed by atoms with Crippen LogP contribution in [0.1, 0.15) is 29.3 Å². The molecule has 0 saturated carbocycles. The summed E-state index contributed by atoms with van der Waals surface area (Å²) in [5.74, 6) is 0.686. The fourth-order valence-corrected chi connectivity index (χ4v) is 5.69. The molecular formula is C31H31ClFN3O4. The van der Waals surface area contributed by atoms with Crippen molar-refractivity contribution in [1.29, 1.82) is 0 Å². The van der Waals surface area contributed by atoms with Gasteiger partial charge in [-0.25, -0.2) is 9.18 Å². The highest BCUT2D eigenvalue weighted by Crippen LogP contribution is 2.40. The Kier molecular flexibility index (Phi) is 7.91. The lowest BCUT2D eigenvalue weighted by Crippen LogP contribution is -2.42. The highest BCUT2D eigenvalue weighted by molar-refractivity contribution is 6.31. The molecule has 0 spiro atoms. The van der Waals surface area contributed by atoms with Crippen LogP contribution in [0.3, 0.4) is 0 Å². The van der Waals surface area contributed by atoms with E-state index in [2.05, 4.69) is 9.88 Å². The first-order chi connectivity index (χ1) is 19.5.